The molecule has 1 aromatic carbocycles. The van der Waals surface area contributed by atoms with Gasteiger partial charge in [0, 0.05) is 18.2 Å². The third kappa shape index (κ3) is 5.61. The van der Waals surface area contributed by atoms with Crippen LogP contribution in [0.25, 0.3) is 0 Å². The SMILES string of the molecule is CCCCC(CCC)NCc1ccc(/C(N)=N/O)cc1. The average molecular weight is 277 g/mol. The maximum Gasteiger partial charge on any atom is 0.170 e. The van der Waals surface area contributed by atoms with Crippen LogP contribution in [-0.4, -0.2) is 17.1 Å². The van der Waals surface area contributed by atoms with Crippen LogP contribution in [0.4, 0.5) is 0 Å². The van der Waals surface area contributed by atoms with E-state index in [0.29, 0.717) is 6.04 Å². The van der Waals surface area contributed by atoms with Crippen LogP contribution >= 0.6 is 0 Å². The van der Waals surface area contributed by atoms with Crippen molar-refractivity contribution < 1.29 is 5.21 Å². The number of nitrogens with one attached hydrogen (secondary N) is 1. The second-order valence-electron chi connectivity index (χ2n) is 5.19. The number of nitrogens with zero attached hydrogens (tertiary/aromatic N) is 1. The minimum Gasteiger partial charge on any atom is -0.409 e. The number of nitrogens with two attached hydrogens (primary N) is 1. The summed E-state index contributed by atoms with van der Waals surface area (Å²) in [5.74, 6) is 0.149. The molecule has 0 amide bonds. The molecule has 4 heteroatoms. The highest BCUT2D eigenvalue weighted by Crippen LogP contribution is 2.09. The van der Waals surface area contributed by atoms with Crippen LogP contribution in [0.2, 0.25) is 0 Å². The fourth-order valence-electron chi connectivity index (χ4n) is 2.26. The molecule has 1 aromatic rings. The quantitative estimate of drug-likeness (QED) is 0.281. The van der Waals surface area contributed by atoms with Gasteiger partial charge >= 0.3 is 0 Å². The van der Waals surface area contributed by atoms with Gasteiger partial charge in [0.25, 0.3) is 0 Å². The second kappa shape index (κ2) is 9.37. The Morgan fingerprint density at radius 2 is 1.90 bits per heavy atom. The summed E-state index contributed by atoms with van der Waals surface area (Å²) in [6.45, 7) is 5.33. The fourth-order valence-corrected chi connectivity index (χ4v) is 2.26. The molecule has 0 aromatic heterocycles. The standard InChI is InChI=1S/C16H27N3O/c1-3-5-7-15(6-4-2)18-12-13-8-10-14(11-9-13)16(17)19-20/h8-11,15,18,20H,3-7,12H2,1-2H3,(H2,17,19). The van der Waals surface area contributed by atoms with Gasteiger partial charge in [-0.3, -0.25) is 0 Å². The van der Waals surface area contributed by atoms with E-state index in [1.165, 1.54) is 37.7 Å². The van der Waals surface area contributed by atoms with Gasteiger partial charge in [-0.2, -0.15) is 0 Å². The van der Waals surface area contributed by atoms with E-state index in [1.807, 2.05) is 24.3 Å². The van der Waals surface area contributed by atoms with Crippen LogP contribution in [0.15, 0.2) is 29.4 Å². The molecule has 4 N–H and O–H groups in total. The van der Waals surface area contributed by atoms with Gasteiger partial charge in [-0.1, -0.05) is 62.5 Å². The predicted octanol–water partition coefficient (Wildman–Crippen LogP) is 3.23. The van der Waals surface area contributed by atoms with E-state index in [2.05, 4.69) is 24.3 Å². The lowest BCUT2D eigenvalue weighted by molar-refractivity contribution is 0.318. The molecule has 0 aliphatic carbocycles. The summed E-state index contributed by atoms with van der Waals surface area (Å²) in [5, 5.41) is 15.2. The molecule has 0 aliphatic heterocycles. The van der Waals surface area contributed by atoms with Crippen molar-refractivity contribution in [2.24, 2.45) is 10.9 Å². The molecule has 20 heavy (non-hydrogen) atoms. The molecule has 1 rings (SSSR count). The lowest BCUT2D eigenvalue weighted by Crippen LogP contribution is -2.28. The Morgan fingerprint density at radius 3 is 2.45 bits per heavy atom. The molecule has 112 valence electrons. The maximum absolute atomic E-state index is 8.63. The van der Waals surface area contributed by atoms with Crippen molar-refractivity contribution in [3.8, 4) is 0 Å². The number of hydrogen-bond acceptors (Lipinski definition) is 3. The zero-order valence-electron chi connectivity index (χ0n) is 12.6. The second-order valence-corrected chi connectivity index (χ2v) is 5.19. The van der Waals surface area contributed by atoms with Crippen molar-refractivity contribution in [2.75, 3.05) is 0 Å². The topological polar surface area (TPSA) is 70.6 Å². The first-order valence-corrected chi connectivity index (χ1v) is 7.51. The Bertz CT molecular complexity index is 401. The Morgan fingerprint density at radius 1 is 1.20 bits per heavy atom. The van der Waals surface area contributed by atoms with E-state index in [9.17, 15) is 0 Å². The molecule has 0 radical (unpaired) electrons. The number of amidine groups is 1. The molecular formula is C16H27N3O. The fraction of sp³-hybridized carbons (Fsp3) is 0.562. The summed E-state index contributed by atoms with van der Waals surface area (Å²) in [6, 6.07) is 8.40. The Labute approximate surface area is 122 Å². The van der Waals surface area contributed by atoms with Gasteiger partial charge in [0.15, 0.2) is 5.84 Å². The van der Waals surface area contributed by atoms with Gasteiger partial charge in [-0.05, 0) is 18.4 Å². The molecule has 0 fully saturated rings. The summed E-state index contributed by atoms with van der Waals surface area (Å²) in [4.78, 5) is 0. The highest BCUT2D eigenvalue weighted by molar-refractivity contribution is 5.96. The van der Waals surface area contributed by atoms with Crippen molar-refractivity contribution in [1.82, 2.24) is 5.32 Å². The van der Waals surface area contributed by atoms with E-state index < -0.39 is 0 Å². The highest BCUT2D eigenvalue weighted by atomic mass is 16.4. The number of hydrogen-bond donors (Lipinski definition) is 3. The molecule has 1 atom stereocenters. The third-order valence-corrected chi connectivity index (χ3v) is 3.50. The van der Waals surface area contributed by atoms with E-state index >= 15 is 0 Å². The molecule has 0 saturated carbocycles. The Balaban J connectivity index is 2.50. The van der Waals surface area contributed by atoms with Crippen LogP contribution in [0.3, 0.4) is 0 Å². The van der Waals surface area contributed by atoms with Gasteiger partial charge in [-0.25, -0.2) is 0 Å². The Kier molecular flexibility index (Phi) is 7.73. The molecule has 4 nitrogen and oxygen atoms in total. The number of rotatable bonds is 9. The number of unbranched alkanes of at least 4 members (excludes halogenated alkanes) is 1. The summed E-state index contributed by atoms with van der Waals surface area (Å²) >= 11 is 0. The van der Waals surface area contributed by atoms with Crippen molar-refractivity contribution in [1.29, 1.82) is 0 Å². The Hall–Kier alpha value is -1.55. The summed E-state index contributed by atoms with van der Waals surface area (Å²) in [6.07, 6.45) is 6.20. The van der Waals surface area contributed by atoms with E-state index in [-0.39, 0.29) is 5.84 Å². The first-order valence-electron chi connectivity index (χ1n) is 7.51. The van der Waals surface area contributed by atoms with Crippen LogP contribution < -0.4 is 11.1 Å². The van der Waals surface area contributed by atoms with Crippen molar-refractivity contribution in [3.63, 3.8) is 0 Å². The van der Waals surface area contributed by atoms with Crippen LogP contribution in [0.1, 0.15) is 57.1 Å². The lowest BCUT2D eigenvalue weighted by atomic mass is 10.0. The van der Waals surface area contributed by atoms with Gasteiger partial charge < -0.3 is 16.3 Å². The summed E-state index contributed by atoms with van der Waals surface area (Å²) in [5.41, 5.74) is 7.51. The molecule has 0 saturated heterocycles. The summed E-state index contributed by atoms with van der Waals surface area (Å²) < 4.78 is 0. The molecule has 0 heterocycles. The van der Waals surface area contributed by atoms with E-state index in [4.69, 9.17) is 10.9 Å². The largest absolute Gasteiger partial charge is 0.409 e. The van der Waals surface area contributed by atoms with E-state index in [1.54, 1.807) is 0 Å². The first kappa shape index (κ1) is 16.5. The normalized spacial score (nSPS) is 13.4. The lowest BCUT2D eigenvalue weighted by Gasteiger charge is -2.18. The predicted molar refractivity (Wildman–Crippen MR) is 84.0 cm³/mol. The van der Waals surface area contributed by atoms with Crippen LogP contribution in [0.5, 0.6) is 0 Å². The smallest absolute Gasteiger partial charge is 0.170 e. The zero-order valence-corrected chi connectivity index (χ0v) is 12.6. The monoisotopic (exact) mass is 277 g/mol. The molecule has 1 unspecified atom stereocenters. The van der Waals surface area contributed by atoms with Gasteiger partial charge in [0.2, 0.25) is 0 Å². The first-order chi connectivity index (χ1) is 9.71. The number of benzene rings is 1. The van der Waals surface area contributed by atoms with Gasteiger partial charge in [0.05, 0.1) is 0 Å². The van der Waals surface area contributed by atoms with Crippen LogP contribution in [0, 0.1) is 0 Å². The maximum atomic E-state index is 8.63. The minimum atomic E-state index is 0.149. The molecular weight excluding hydrogens is 250 g/mol. The molecule has 0 bridgehead atoms. The summed E-state index contributed by atoms with van der Waals surface area (Å²) in [7, 11) is 0. The zero-order chi connectivity index (χ0) is 14.8. The average Bonchev–Trinajstić information content (AvgIpc) is 2.49. The van der Waals surface area contributed by atoms with Crippen molar-refractivity contribution in [2.45, 2.75) is 58.5 Å². The van der Waals surface area contributed by atoms with E-state index in [0.717, 1.165) is 12.1 Å². The molecule has 0 aliphatic rings. The molecule has 0 spiro atoms. The number of oxime groups is 1. The minimum absolute atomic E-state index is 0.149. The van der Waals surface area contributed by atoms with Gasteiger partial charge in [0.1, 0.15) is 0 Å². The van der Waals surface area contributed by atoms with Crippen LogP contribution in [-0.2, 0) is 6.54 Å². The third-order valence-electron chi connectivity index (χ3n) is 3.50. The van der Waals surface area contributed by atoms with Gasteiger partial charge in [-0.15, -0.1) is 0 Å². The van der Waals surface area contributed by atoms with Crippen molar-refractivity contribution >= 4 is 5.84 Å². The van der Waals surface area contributed by atoms with Crippen molar-refractivity contribution in [3.05, 3.63) is 35.4 Å². The highest BCUT2D eigenvalue weighted by Gasteiger charge is 2.06.